The fraction of sp³-hybridized carbons (Fsp3) is 0.400. The summed E-state index contributed by atoms with van der Waals surface area (Å²) in [5.74, 6) is -0.609. The van der Waals surface area contributed by atoms with E-state index in [1.807, 2.05) is 32.0 Å². The Morgan fingerprint density at radius 2 is 1.80 bits per heavy atom. The molecule has 40 heavy (non-hydrogen) atoms. The molecular weight excluding hydrogens is 512 g/mol. The minimum absolute atomic E-state index is 0.0787. The highest BCUT2D eigenvalue weighted by Crippen LogP contribution is 2.26. The maximum absolute atomic E-state index is 13.5. The van der Waals surface area contributed by atoms with Crippen LogP contribution in [0.1, 0.15) is 43.6 Å². The molecule has 4 N–H and O–H groups in total. The summed E-state index contributed by atoms with van der Waals surface area (Å²) in [6.45, 7) is 4.15. The smallest absolute Gasteiger partial charge is 0.268 e. The van der Waals surface area contributed by atoms with Crippen molar-refractivity contribution in [3.63, 3.8) is 0 Å². The Kier molecular flexibility index (Phi) is 9.42. The predicted molar refractivity (Wildman–Crippen MR) is 150 cm³/mol. The van der Waals surface area contributed by atoms with E-state index in [1.54, 1.807) is 43.5 Å². The maximum atomic E-state index is 13.5. The summed E-state index contributed by atoms with van der Waals surface area (Å²) < 4.78 is 11.0. The fourth-order valence-corrected chi connectivity index (χ4v) is 4.84. The van der Waals surface area contributed by atoms with Gasteiger partial charge in [-0.2, -0.15) is 0 Å². The van der Waals surface area contributed by atoms with Crippen molar-refractivity contribution in [3.05, 3.63) is 60.3 Å². The summed E-state index contributed by atoms with van der Waals surface area (Å²) >= 11 is 0. The molecule has 2 unspecified atom stereocenters. The molecular formula is C30H36N4O6. The Bertz CT molecular complexity index is 1350. The lowest BCUT2D eigenvalue weighted by molar-refractivity contribution is -0.131. The predicted octanol–water partition coefficient (Wildman–Crippen LogP) is 2.98. The zero-order valence-corrected chi connectivity index (χ0v) is 23.0. The van der Waals surface area contributed by atoms with Crippen LogP contribution in [-0.4, -0.2) is 60.8 Å². The van der Waals surface area contributed by atoms with Crippen LogP contribution in [0.5, 0.6) is 11.5 Å². The number of ketones is 1. The van der Waals surface area contributed by atoms with Gasteiger partial charge in [0, 0.05) is 23.4 Å². The van der Waals surface area contributed by atoms with E-state index in [9.17, 15) is 19.2 Å². The number of amides is 3. The van der Waals surface area contributed by atoms with Gasteiger partial charge in [-0.3, -0.25) is 19.2 Å². The third-order valence-corrected chi connectivity index (χ3v) is 6.93. The quantitative estimate of drug-likeness (QED) is 0.259. The Balaban J connectivity index is 1.49. The second-order valence-corrected chi connectivity index (χ2v) is 10.4. The van der Waals surface area contributed by atoms with Gasteiger partial charge in [0.15, 0.2) is 5.78 Å². The zero-order valence-electron chi connectivity index (χ0n) is 23.0. The summed E-state index contributed by atoms with van der Waals surface area (Å²) in [6, 6.07) is 14.2. The number of aromatic nitrogens is 1. The number of nitrogens with one attached hydrogen (secondary N) is 4. The summed E-state index contributed by atoms with van der Waals surface area (Å²) in [6.07, 6.45) is 1.08. The molecule has 3 atom stereocenters. The molecule has 4 rings (SSSR count). The number of carbonyl (C=O) groups excluding carboxylic acids is 4. The number of ether oxygens (including phenoxy) is 2. The van der Waals surface area contributed by atoms with Crippen molar-refractivity contribution < 1.29 is 28.7 Å². The molecule has 0 bridgehead atoms. The Labute approximate surface area is 233 Å². The van der Waals surface area contributed by atoms with Gasteiger partial charge in [-0.1, -0.05) is 38.1 Å². The van der Waals surface area contributed by atoms with Crippen LogP contribution in [0, 0.1) is 11.8 Å². The number of carbonyl (C=O) groups is 4. The summed E-state index contributed by atoms with van der Waals surface area (Å²) in [7, 11) is 1.56. The first-order chi connectivity index (χ1) is 19.2. The molecule has 0 aliphatic carbocycles. The number of methoxy groups -OCH3 is 1. The number of aromatic amines is 1. The van der Waals surface area contributed by atoms with Crippen LogP contribution in [0.25, 0.3) is 10.9 Å². The molecule has 212 valence electrons. The number of benzene rings is 2. The number of H-pyrrole nitrogens is 1. The second kappa shape index (κ2) is 13.1. The van der Waals surface area contributed by atoms with Crippen LogP contribution in [0.15, 0.2) is 54.6 Å². The monoisotopic (exact) mass is 548 g/mol. The van der Waals surface area contributed by atoms with Gasteiger partial charge in [-0.25, -0.2) is 0 Å². The molecule has 1 saturated heterocycles. The van der Waals surface area contributed by atoms with Crippen LogP contribution < -0.4 is 25.4 Å². The minimum Gasteiger partial charge on any atom is -0.496 e. The average molecular weight is 549 g/mol. The highest BCUT2D eigenvalue weighted by molar-refractivity contribution is 6.02. The molecule has 3 aromatic rings. The van der Waals surface area contributed by atoms with Crippen molar-refractivity contribution in [1.82, 2.24) is 20.9 Å². The second-order valence-electron chi connectivity index (χ2n) is 10.4. The molecule has 2 aromatic carbocycles. The van der Waals surface area contributed by atoms with Crippen molar-refractivity contribution in [3.8, 4) is 11.5 Å². The zero-order chi connectivity index (χ0) is 28.6. The van der Waals surface area contributed by atoms with Gasteiger partial charge in [0.2, 0.25) is 11.8 Å². The van der Waals surface area contributed by atoms with Gasteiger partial charge in [0.25, 0.3) is 5.91 Å². The molecule has 1 aliphatic heterocycles. The van der Waals surface area contributed by atoms with Crippen LogP contribution >= 0.6 is 0 Å². The van der Waals surface area contributed by atoms with Crippen LogP contribution in [-0.2, 0) is 14.4 Å². The maximum Gasteiger partial charge on any atom is 0.268 e. The highest BCUT2D eigenvalue weighted by Gasteiger charge is 2.33. The van der Waals surface area contributed by atoms with E-state index >= 15 is 0 Å². The first kappa shape index (κ1) is 28.7. The molecule has 0 saturated carbocycles. The Hall–Kier alpha value is -4.34. The first-order valence-electron chi connectivity index (χ1n) is 13.5. The molecule has 0 spiro atoms. The van der Waals surface area contributed by atoms with E-state index in [4.69, 9.17) is 9.47 Å². The number of Topliss-reactive ketones (excluding diaryl/α,β-unsaturated/α-hetero) is 1. The van der Waals surface area contributed by atoms with E-state index in [2.05, 4.69) is 20.9 Å². The number of hydrogen-bond acceptors (Lipinski definition) is 6. The number of rotatable bonds is 13. The van der Waals surface area contributed by atoms with Gasteiger partial charge in [-0.05, 0) is 55.5 Å². The minimum atomic E-state index is -0.950. The van der Waals surface area contributed by atoms with Gasteiger partial charge >= 0.3 is 0 Å². The summed E-state index contributed by atoms with van der Waals surface area (Å²) in [4.78, 5) is 55.3. The molecule has 0 radical (unpaired) electrons. The third-order valence-electron chi connectivity index (χ3n) is 6.93. The molecule has 1 aliphatic rings. The molecule has 2 heterocycles. The van der Waals surface area contributed by atoms with E-state index in [-0.39, 0.29) is 36.3 Å². The largest absolute Gasteiger partial charge is 0.496 e. The Morgan fingerprint density at radius 1 is 1.02 bits per heavy atom. The SMILES string of the molecule is COc1cccc2[nH]c(C(=O)NC(CC(C)C)C(=O)NC(C[C@@H]3CCNC3=O)C(=O)COc3ccccc3)cc12. The van der Waals surface area contributed by atoms with Crippen LogP contribution in [0.3, 0.4) is 0 Å². The first-order valence-corrected chi connectivity index (χ1v) is 13.5. The van der Waals surface area contributed by atoms with Crippen molar-refractivity contribution in [2.75, 3.05) is 20.3 Å². The topological polar surface area (TPSA) is 139 Å². The van der Waals surface area contributed by atoms with E-state index in [0.29, 0.717) is 30.9 Å². The molecule has 3 amide bonds. The van der Waals surface area contributed by atoms with Crippen molar-refractivity contribution in [1.29, 1.82) is 0 Å². The average Bonchev–Trinajstić information content (AvgIpc) is 3.57. The number of hydrogen-bond donors (Lipinski definition) is 4. The van der Waals surface area contributed by atoms with Crippen molar-refractivity contribution >= 4 is 34.4 Å². The van der Waals surface area contributed by atoms with E-state index < -0.39 is 29.8 Å². The fourth-order valence-electron chi connectivity index (χ4n) is 4.84. The lowest BCUT2D eigenvalue weighted by atomic mass is 9.95. The summed E-state index contributed by atoms with van der Waals surface area (Å²) in [5, 5.41) is 9.16. The van der Waals surface area contributed by atoms with Crippen molar-refractivity contribution in [2.45, 2.75) is 45.2 Å². The molecule has 1 fully saturated rings. The highest BCUT2D eigenvalue weighted by atomic mass is 16.5. The van der Waals surface area contributed by atoms with Gasteiger partial charge in [-0.15, -0.1) is 0 Å². The lowest BCUT2D eigenvalue weighted by Crippen LogP contribution is -2.53. The number of para-hydroxylation sites is 1. The van der Waals surface area contributed by atoms with Crippen molar-refractivity contribution in [2.24, 2.45) is 11.8 Å². The molecule has 10 heteroatoms. The number of fused-ring (bicyclic) bond motifs is 1. The standard InChI is InChI=1S/C30H36N4O6/c1-18(2)14-24(34-30(38)25-16-21-22(32-25)10-7-11-27(21)39-3)29(37)33-23(15-19-12-13-31-28(19)36)26(35)17-40-20-8-5-4-6-9-20/h4-11,16,18-19,23-24,32H,12-15,17H2,1-3H3,(H,31,36)(H,33,37)(H,34,38)/t19-,23?,24?/m0/s1. The van der Waals surface area contributed by atoms with E-state index in [0.717, 1.165) is 10.9 Å². The van der Waals surface area contributed by atoms with Crippen LogP contribution in [0.2, 0.25) is 0 Å². The third kappa shape index (κ3) is 7.19. The van der Waals surface area contributed by atoms with Crippen LogP contribution in [0.4, 0.5) is 0 Å². The van der Waals surface area contributed by atoms with Gasteiger partial charge in [0.05, 0.1) is 13.2 Å². The Morgan fingerprint density at radius 3 is 2.48 bits per heavy atom. The van der Waals surface area contributed by atoms with E-state index in [1.165, 1.54) is 0 Å². The lowest BCUT2D eigenvalue weighted by Gasteiger charge is -2.25. The normalized spacial score (nSPS) is 16.3. The molecule has 1 aromatic heterocycles. The van der Waals surface area contributed by atoms with Gasteiger partial charge in [0.1, 0.15) is 29.8 Å². The molecule has 10 nitrogen and oxygen atoms in total. The summed E-state index contributed by atoms with van der Waals surface area (Å²) in [5.41, 5.74) is 1.01. The van der Waals surface area contributed by atoms with Gasteiger partial charge < -0.3 is 30.4 Å².